The lowest BCUT2D eigenvalue weighted by Crippen LogP contribution is -2.34. The average Bonchev–Trinajstić information content (AvgIpc) is 2.47. The SMILES string of the molecule is CCC1CCCN(Cc2cccc(CNCC(C)C)c2)C1. The summed E-state index contributed by atoms with van der Waals surface area (Å²) in [5.74, 6) is 1.63. The van der Waals surface area contributed by atoms with Gasteiger partial charge >= 0.3 is 0 Å². The van der Waals surface area contributed by atoms with E-state index < -0.39 is 0 Å². The Bertz CT molecular complexity index is 414. The molecule has 1 atom stereocenters. The first-order valence-electron chi connectivity index (χ1n) is 8.68. The molecule has 1 saturated heterocycles. The fourth-order valence-electron chi connectivity index (χ4n) is 3.23. The summed E-state index contributed by atoms with van der Waals surface area (Å²) >= 11 is 0. The minimum absolute atomic E-state index is 0.715. The van der Waals surface area contributed by atoms with E-state index in [2.05, 4.69) is 55.3 Å². The van der Waals surface area contributed by atoms with Crippen LogP contribution in [0, 0.1) is 11.8 Å². The predicted octanol–water partition coefficient (Wildman–Crippen LogP) is 4.05. The van der Waals surface area contributed by atoms with E-state index in [0.717, 1.165) is 25.6 Å². The molecule has 0 aliphatic carbocycles. The Kier molecular flexibility index (Phi) is 6.72. The Labute approximate surface area is 130 Å². The summed E-state index contributed by atoms with van der Waals surface area (Å²) in [5.41, 5.74) is 2.88. The molecule has 1 aromatic rings. The molecule has 1 aromatic carbocycles. The summed E-state index contributed by atoms with van der Waals surface area (Å²) in [6.07, 6.45) is 4.12. The molecule has 0 radical (unpaired) electrons. The van der Waals surface area contributed by atoms with Gasteiger partial charge in [0.1, 0.15) is 0 Å². The van der Waals surface area contributed by atoms with Crippen LogP contribution < -0.4 is 5.32 Å². The summed E-state index contributed by atoms with van der Waals surface area (Å²) in [4.78, 5) is 2.64. The molecule has 118 valence electrons. The van der Waals surface area contributed by atoms with Crippen LogP contribution in [-0.2, 0) is 13.1 Å². The number of hydrogen-bond donors (Lipinski definition) is 1. The number of piperidine rings is 1. The zero-order chi connectivity index (χ0) is 15.1. The molecule has 0 bridgehead atoms. The molecule has 2 heteroatoms. The summed E-state index contributed by atoms with van der Waals surface area (Å²) in [7, 11) is 0. The smallest absolute Gasteiger partial charge is 0.0233 e. The van der Waals surface area contributed by atoms with Gasteiger partial charge in [0.15, 0.2) is 0 Å². The second-order valence-corrected chi connectivity index (χ2v) is 7.00. The number of rotatable bonds is 7. The van der Waals surface area contributed by atoms with Crippen LogP contribution in [0.4, 0.5) is 0 Å². The summed E-state index contributed by atoms with van der Waals surface area (Å²) in [6.45, 7) is 12.6. The van der Waals surface area contributed by atoms with E-state index in [1.54, 1.807) is 0 Å². The molecule has 2 nitrogen and oxygen atoms in total. The monoisotopic (exact) mass is 288 g/mol. The Hall–Kier alpha value is -0.860. The van der Waals surface area contributed by atoms with Gasteiger partial charge in [0, 0.05) is 19.6 Å². The van der Waals surface area contributed by atoms with Crippen LogP contribution in [0.15, 0.2) is 24.3 Å². The number of hydrogen-bond acceptors (Lipinski definition) is 2. The Morgan fingerprint density at radius 2 is 2.10 bits per heavy atom. The molecule has 1 aliphatic heterocycles. The van der Waals surface area contributed by atoms with Crippen LogP contribution in [0.3, 0.4) is 0 Å². The van der Waals surface area contributed by atoms with E-state index in [-0.39, 0.29) is 0 Å². The lowest BCUT2D eigenvalue weighted by atomic mass is 9.95. The molecule has 1 fully saturated rings. The molecular weight excluding hydrogens is 256 g/mol. The first kappa shape index (κ1) is 16.5. The van der Waals surface area contributed by atoms with Gasteiger partial charge in [-0.05, 0) is 48.9 Å². The van der Waals surface area contributed by atoms with Gasteiger partial charge in [-0.3, -0.25) is 4.90 Å². The van der Waals surface area contributed by atoms with E-state index >= 15 is 0 Å². The topological polar surface area (TPSA) is 15.3 Å². The number of benzene rings is 1. The van der Waals surface area contributed by atoms with E-state index in [4.69, 9.17) is 0 Å². The molecule has 21 heavy (non-hydrogen) atoms. The van der Waals surface area contributed by atoms with E-state index in [9.17, 15) is 0 Å². The van der Waals surface area contributed by atoms with Crippen molar-refractivity contribution in [2.75, 3.05) is 19.6 Å². The van der Waals surface area contributed by atoms with E-state index in [0.29, 0.717) is 5.92 Å². The van der Waals surface area contributed by atoms with Gasteiger partial charge in [0.25, 0.3) is 0 Å². The predicted molar refractivity (Wildman–Crippen MR) is 91.3 cm³/mol. The minimum Gasteiger partial charge on any atom is -0.312 e. The van der Waals surface area contributed by atoms with Crippen molar-refractivity contribution in [1.29, 1.82) is 0 Å². The fraction of sp³-hybridized carbons (Fsp3) is 0.684. The quantitative estimate of drug-likeness (QED) is 0.814. The lowest BCUT2D eigenvalue weighted by Gasteiger charge is -2.32. The van der Waals surface area contributed by atoms with Crippen molar-refractivity contribution in [2.45, 2.75) is 53.1 Å². The highest BCUT2D eigenvalue weighted by atomic mass is 15.1. The molecule has 0 saturated carbocycles. The van der Waals surface area contributed by atoms with Crippen molar-refractivity contribution in [1.82, 2.24) is 10.2 Å². The van der Waals surface area contributed by atoms with Crippen molar-refractivity contribution in [3.63, 3.8) is 0 Å². The maximum atomic E-state index is 3.53. The lowest BCUT2D eigenvalue weighted by molar-refractivity contribution is 0.164. The third-order valence-electron chi connectivity index (χ3n) is 4.46. The molecule has 1 unspecified atom stereocenters. The van der Waals surface area contributed by atoms with Crippen LogP contribution in [0.1, 0.15) is 51.2 Å². The van der Waals surface area contributed by atoms with Crippen LogP contribution >= 0.6 is 0 Å². The number of nitrogens with one attached hydrogen (secondary N) is 1. The third kappa shape index (κ3) is 5.80. The van der Waals surface area contributed by atoms with Crippen molar-refractivity contribution >= 4 is 0 Å². The van der Waals surface area contributed by atoms with Gasteiger partial charge in [-0.15, -0.1) is 0 Å². The molecule has 0 aromatic heterocycles. The molecule has 0 spiro atoms. The highest BCUT2D eigenvalue weighted by molar-refractivity contribution is 5.23. The van der Waals surface area contributed by atoms with Gasteiger partial charge in [-0.25, -0.2) is 0 Å². The van der Waals surface area contributed by atoms with E-state index in [1.165, 1.54) is 43.5 Å². The molecule has 1 N–H and O–H groups in total. The maximum absolute atomic E-state index is 3.53. The van der Waals surface area contributed by atoms with Crippen LogP contribution in [0.2, 0.25) is 0 Å². The van der Waals surface area contributed by atoms with Crippen LogP contribution in [-0.4, -0.2) is 24.5 Å². The standard InChI is InChI=1S/C19H32N2/c1-4-17-9-6-10-21(14-17)15-19-8-5-7-18(11-19)13-20-12-16(2)3/h5,7-8,11,16-17,20H,4,6,9-10,12-15H2,1-3H3. The maximum Gasteiger partial charge on any atom is 0.0233 e. The van der Waals surface area contributed by atoms with E-state index in [1.807, 2.05) is 0 Å². The summed E-state index contributed by atoms with van der Waals surface area (Å²) in [5, 5.41) is 3.53. The second-order valence-electron chi connectivity index (χ2n) is 7.00. The number of nitrogens with zero attached hydrogens (tertiary/aromatic N) is 1. The first-order valence-corrected chi connectivity index (χ1v) is 8.68. The fourth-order valence-corrected chi connectivity index (χ4v) is 3.23. The molecule has 1 heterocycles. The molecule has 1 aliphatic rings. The highest BCUT2D eigenvalue weighted by Crippen LogP contribution is 2.21. The zero-order valence-corrected chi connectivity index (χ0v) is 14.1. The van der Waals surface area contributed by atoms with Gasteiger partial charge in [-0.2, -0.15) is 0 Å². The van der Waals surface area contributed by atoms with Crippen molar-refractivity contribution in [3.05, 3.63) is 35.4 Å². The van der Waals surface area contributed by atoms with Crippen LogP contribution in [0.25, 0.3) is 0 Å². The number of likely N-dealkylation sites (tertiary alicyclic amines) is 1. The summed E-state index contributed by atoms with van der Waals surface area (Å²) in [6, 6.07) is 9.11. The Morgan fingerprint density at radius 3 is 2.86 bits per heavy atom. The Balaban J connectivity index is 1.85. The highest BCUT2D eigenvalue weighted by Gasteiger charge is 2.18. The average molecular weight is 288 g/mol. The van der Waals surface area contributed by atoms with Gasteiger partial charge in [0.2, 0.25) is 0 Å². The molecule has 2 rings (SSSR count). The van der Waals surface area contributed by atoms with Crippen LogP contribution in [0.5, 0.6) is 0 Å². The molecular formula is C19H32N2. The Morgan fingerprint density at radius 1 is 1.29 bits per heavy atom. The van der Waals surface area contributed by atoms with Gasteiger partial charge in [-0.1, -0.05) is 51.5 Å². The summed E-state index contributed by atoms with van der Waals surface area (Å²) < 4.78 is 0. The minimum atomic E-state index is 0.715. The third-order valence-corrected chi connectivity index (χ3v) is 4.46. The zero-order valence-electron chi connectivity index (χ0n) is 14.1. The first-order chi connectivity index (χ1) is 10.2. The van der Waals surface area contributed by atoms with Crippen molar-refractivity contribution < 1.29 is 0 Å². The normalized spacial score (nSPS) is 20.1. The van der Waals surface area contributed by atoms with Crippen molar-refractivity contribution in [3.8, 4) is 0 Å². The second kappa shape index (κ2) is 8.55. The van der Waals surface area contributed by atoms with Crippen molar-refractivity contribution in [2.24, 2.45) is 11.8 Å². The van der Waals surface area contributed by atoms with Gasteiger partial charge in [0.05, 0.1) is 0 Å². The van der Waals surface area contributed by atoms with Gasteiger partial charge < -0.3 is 5.32 Å². The largest absolute Gasteiger partial charge is 0.312 e. The molecule has 0 amide bonds.